The van der Waals surface area contributed by atoms with E-state index in [1.807, 2.05) is 6.92 Å². The highest BCUT2D eigenvalue weighted by Gasteiger charge is 2.32. The van der Waals surface area contributed by atoms with Crippen LogP contribution in [-0.2, 0) is 6.18 Å². The Morgan fingerprint density at radius 1 is 1.15 bits per heavy atom. The maximum absolute atomic E-state index is 13.5. The fourth-order valence-electron chi connectivity index (χ4n) is 3.61. The summed E-state index contributed by atoms with van der Waals surface area (Å²) >= 11 is 0. The number of aliphatic hydroxyl groups is 1. The Bertz CT molecular complexity index is 1270. The maximum atomic E-state index is 13.5. The zero-order valence-corrected chi connectivity index (χ0v) is 18.2. The summed E-state index contributed by atoms with van der Waals surface area (Å²) in [5.41, 5.74) is 1.76. The third-order valence-electron chi connectivity index (χ3n) is 5.43. The number of aromatic nitrogens is 2. The molecule has 0 saturated carbocycles. The summed E-state index contributed by atoms with van der Waals surface area (Å²) in [5, 5.41) is 12.3. The highest BCUT2D eigenvalue weighted by Crippen LogP contribution is 2.35. The molecule has 1 atom stereocenters. The van der Waals surface area contributed by atoms with Crippen LogP contribution in [0.15, 0.2) is 55.1 Å². The van der Waals surface area contributed by atoms with E-state index >= 15 is 0 Å². The molecule has 3 aromatic rings. The number of benzene rings is 2. The van der Waals surface area contributed by atoms with Crippen molar-refractivity contribution in [2.24, 2.45) is 0 Å². The second kappa shape index (κ2) is 9.53. The van der Waals surface area contributed by atoms with Gasteiger partial charge in [0.05, 0.1) is 17.2 Å². The quantitative estimate of drug-likeness (QED) is 0.570. The average molecular weight is 466 g/mol. The van der Waals surface area contributed by atoms with E-state index in [4.69, 9.17) is 0 Å². The first-order valence-corrected chi connectivity index (χ1v) is 10.5. The first-order chi connectivity index (χ1) is 16.2. The number of halogens is 3. The molecule has 0 radical (unpaired) electrons. The molecule has 1 amide bonds. The minimum absolute atomic E-state index is 0.0193. The molecule has 2 aromatic carbocycles. The number of carbonyl (C=O) groups is 1. The number of aryl methyl sites for hydroxylation is 1. The fourth-order valence-corrected chi connectivity index (χ4v) is 3.61. The molecule has 1 saturated heterocycles. The summed E-state index contributed by atoms with van der Waals surface area (Å²) in [4.78, 5) is 22.4. The Balaban J connectivity index is 1.60. The van der Waals surface area contributed by atoms with Crippen LogP contribution in [0.5, 0.6) is 0 Å². The van der Waals surface area contributed by atoms with Crippen LogP contribution in [0.3, 0.4) is 0 Å². The van der Waals surface area contributed by atoms with Crippen LogP contribution in [0.1, 0.15) is 39.0 Å². The smallest absolute Gasteiger partial charge is 0.391 e. The molecular weight excluding hydrogens is 445 g/mol. The predicted molar refractivity (Wildman–Crippen MR) is 121 cm³/mol. The van der Waals surface area contributed by atoms with Gasteiger partial charge in [0.25, 0.3) is 5.91 Å². The number of amides is 1. The molecule has 1 fully saturated rings. The van der Waals surface area contributed by atoms with Gasteiger partial charge in [-0.1, -0.05) is 17.9 Å². The fraction of sp³-hybridized carbons (Fsp3) is 0.240. The van der Waals surface area contributed by atoms with Gasteiger partial charge >= 0.3 is 6.18 Å². The average Bonchev–Trinajstić information content (AvgIpc) is 3.25. The van der Waals surface area contributed by atoms with Crippen molar-refractivity contribution in [2.45, 2.75) is 25.6 Å². The van der Waals surface area contributed by atoms with Gasteiger partial charge in [0, 0.05) is 48.0 Å². The van der Waals surface area contributed by atoms with E-state index in [2.05, 4.69) is 27.1 Å². The van der Waals surface area contributed by atoms with Crippen molar-refractivity contribution < 1.29 is 23.1 Å². The number of hydrogen-bond donors (Lipinski definition) is 2. The number of carbonyl (C=O) groups excluding carboxylic acids is 1. The van der Waals surface area contributed by atoms with Gasteiger partial charge in [-0.25, -0.2) is 9.97 Å². The first-order valence-electron chi connectivity index (χ1n) is 10.5. The molecule has 1 aromatic heterocycles. The number of nitrogens with one attached hydrogen (secondary N) is 1. The maximum Gasteiger partial charge on any atom is 0.416 e. The Kier molecular flexibility index (Phi) is 6.52. The second-order valence-corrected chi connectivity index (χ2v) is 8.02. The van der Waals surface area contributed by atoms with E-state index in [0.717, 1.165) is 17.7 Å². The molecule has 0 unspecified atom stereocenters. The molecule has 2 N–H and O–H groups in total. The van der Waals surface area contributed by atoms with Crippen molar-refractivity contribution in [2.75, 3.05) is 23.3 Å². The summed E-state index contributed by atoms with van der Waals surface area (Å²) in [6.07, 6.45) is -0.177. The molecular formula is C25H21F3N4O2. The van der Waals surface area contributed by atoms with Gasteiger partial charge in [-0.15, -0.1) is 0 Å². The minimum atomic E-state index is -4.58. The Labute approximate surface area is 194 Å². The Morgan fingerprint density at radius 3 is 2.59 bits per heavy atom. The van der Waals surface area contributed by atoms with Crippen LogP contribution in [0, 0.1) is 18.8 Å². The molecule has 1 aliphatic rings. The number of β-amino-alcohol motifs (C(OH)–C–C–N with tert-alkyl or cyclic N) is 1. The van der Waals surface area contributed by atoms with Crippen molar-refractivity contribution in [3.8, 4) is 11.8 Å². The summed E-state index contributed by atoms with van der Waals surface area (Å²) in [6.45, 7) is 2.51. The Morgan fingerprint density at radius 2 is 1.91 bits per heavy atom. The molecule has 0 spiro atoms. The molecule has 6 nitrogen and oxygen atoms in total. The topological polar surface area (TPSA) is 78.4 Å². The van der Waals surface area contributed by atoms with E-state index in [9.17, 15) is 23.1 Å². The summed E-state index contributed by atoms with van der Waals surface area (Å²) in [5.74, 6) is 5.35. The molecule has 174 valence electrons. The molecule has 0 aliphatic carbocycles. The number of hydrogen-bond acceptors (Lipinski definition) is 5. The van der Waals surface area contributed by atoms with Crippen LogP contribution < -0.4 is 10.2 Å². The molecule has 0 bridgehead atoms. The largest absolute Gasteiger partial charge is 0.416 e. The van der Waals surface area contributed by atoms with Crippen molar-refractivity contribution in [3.63, 3.8) is 0 Å². The van der Waals surface area contributed by atoms with Gasteiger partial charge in [0.1, 0.15) is 6.33 Å². The predicted octanol–water partition coefficient (Wildman–Crippen LogP) is 4.03. The van der Waals surface area contributed by atoms with E-state index in [-0.39, 0.29) is 17.8 Å². The van der Waals surface area contributed by atoms with E-state index in [0.29, 0.717) is 29.8 Å². The number of rotatable bonds is 3. The number of anilines is 2. The molecule has 4 rings (SSSR count). The monoisotopic (exact) mass is 466 g/mol. The lowest BCUT2D eigenvalue weighted by Gasteiger charge is -2.21. The van der Waals surface area contributed by atoms with Crippen LogP contribution in [0.25, 0.3) is 0 Å². The molecule has 1 aliphatic heterocycles. The lowest BCUT2D eigenvalue weighted by Crippen LogP contribution is -2.22. The van der Waals surface area contributed by atoms with E-state index < -0.39 is 23.8 Å². The van der Waals surface area contributed by atoms with Crippen LogP contribution in [-0.4, -0.2) is 40.2 Å². The highest BCUT2D eigenvalue weighted by molar-refractivity contribution is 6.04. The third kappa shape index (κ3) is 5.53. The summed E-state index contributed by atoms with van der Waals surface area (Å²) in [7, 11) is 0. The van der Waals surface area contributed by atoms with Crippen LogP contribution in [0.2, 0.25) is 0 Å². The SMILES string of the molecule is Cc1ccc(C(=O)Nc2cc(N3CC[C@H](O)C3)cc(C(F)(F)F)c2)cc1C#Cc1cncnc1. The Hall–Kier alpha value is -3.90. The van der Waals surface area contributed by atoms with Gasteiger partial charge < -0.3 is 15.3 Å². The van der Waals surface area contributed by atoms with Crippen molar-refractivity contribution in [1.82, 2.24) is 9.97 Å². The summed E-state index contributed by atoms with van der Waals surface area (Å²) in [6, 6.07) is 8.32. The zero-order valence-electron chi connectivity index (χ0n) is 18.2. The number of alkyl halides is 3. The van der Waals surface area contributed by atoms with Crippen LogP contribution in [0.4, 0.5) is 24.5 Å². The van der Waals surface area contributed by atoms with Crippen molar-refractivity contribution >= 4 is 17.3 Å². The molecule has 34 heavy (non-hydrogen) atoms. The van der Waals surface area contributed by atoms with Gasteiger partial charge in [0.15, 0.2) is 0 Å². The van der Waals surface area contributed by atoms with Gasteiger partial charge in [-0.05, 0) is 49.2 Å². The normalized spacial score (nSPS) is 15.6. The first kappa shape index (κ1) is 23.3. The van der Waals surface area contributed by atoms with Crippen molar-refractivity contribution in [3.05, 3.63) is 82.9 Å². The van der Waals surface area contributed by atoms with E-state index in [1.54, 1.807) is 35.5 Å². The standard InChI is InChI=1S/C25H21F3N4O2/c1-16-2-4-19(8-18(16)5-3-17-12-29-15-30-13-17)24(34)31-21-9-20(25(26,27)28)10-22(11-21)32-7-6-23(33)14-32/h2,4,8-13,15,23,33H,6-7,14H2,1H3,(H,31,34)/t23-/m0/s1. The van der Waals surface area contributed by atoms with Crippen molar-refractivity contribution in [1.29, 1.82) is 0 Å². The van der Waals surface area contributed by atoms with Gasteiger partial charge in [-0.2, -0.15) is 13.2 Å². The zero-order chi connectivity index (χ0) is 24.3. The highest BCUT2D eigenvalue weighted by atomic mass is 19.4. The number of nitrogens with zero attached hydrogens (tertiary/aromatic N) is 3. The lowest BCUT2D eigenvalue weighted by atomic mass is 10.0. The number of aliphatic hydroxyl groups excluding tert-OH is 1. The second-order valence-electron chi connectivity index (χ2n) is 8.02. The third-order valence-corrected chi connectivity index (χ3v) is 5.43. The van der Waals surface area contributed by atoms with Gasteiger partial charge in [-0.3, -0.25) is 4.79 Å². The summed E-state index contributed by atoms with van der Waals surface area (Å²) < 4.78 is 40.5. The van der Waals surface area contributed by atoms with Crippen LogP contribution >= 0.6 is 0 Å². The molecule has 2 heterocycles. The lowest BCUT2D eigenvalue weighted by molar-refractivity contribution is -0.137. The van der Waals surface area contributed by atoms with E-state index in [1.165, 1.54) is 12.4 Å². The van der Waals surface area contributed by atoms with Gasteiger partial charge in [0.2, 0.25) is 0 Å². The molecule has 9 heteroatoms. The minimum Gasteiger partial charge on any atom is -0.391 e.